The van der Waals surface area contributed by atoms with Crippen molar-refractivity contribution in [1.82, 2.24) is 19.9 Å². The molecule has 22 heteroatoms. The summed E-state index contributed by atoms with van der Waals surface area (Å²) in [7, 11) is 2.60. The Morgan fingerprint density at radius 2 is 1.57 bits per heavy atom. The highest BCUT2D eigenvalue weighted by Crippen LogP contribution is 2.32. The van der Waals surface area contributed by atoms with E-state index in [0.29, 0.717) is 49.4 Å². The van der Waals surface area contributed by atoms with Gasteiger partial charge < -0.3 is 30.6 Å². The molecule has 288 valence electrons. The van der Waals surface area contributed by atoms with Crippen LogP contribution in [0.1, 0.15) is 44.2 Å². The fraction of sp³-hybridized carbons (Fsp3) is 0.250. The van der Waals surface area contributed by atoms with Gasteiger partial charge in [-0.1, -0.05) is 13.8 Å². The van der Waals surface area contributed by atoms with Gasteiger partial charge in [-0.25, -0.2) is 24.2 Å². The van der Waals surface area contributed by atoms with E-state index >= 15 is 0 Å². The van der Waals surface area contributed by atoms with Crippen LogP contribution in [0.25, 0.3) is 20.4 Å². The smallest absolute Gasteiger partial charge is 0.340 e. The van der Waals surface area contributed by atoms with Gasteiger partial charge in [0.05, 0.1) is 54.2 Å². The molecule has 1 saturated heterocycles. The minimum atomic E-state index is -0.701. The number of hydrogen-bond donors (Lipinski definition) is 5. The summed E-state index contributed by atoms with van der Waals surface area (Å²) in [5.41, 5.74) is 10.3. The van der Waals surface area contributed by atoms with Crippen LogP contribution in [0.2, 0.25) is 5.28 Å². The lowest BCUT2D eigenvalue weighted by Gasteiger charge is -2.28. The SMILES string of the molecule is CC.COC(=O)c1ccsc1N.COC(=O)c1ccsc1NC(N)=O.O=Cc1cc2c(N3CCOCC3)nc(Cl)nc2s1.O=c1[nH]c(=O)c2ccsc2[nH]1. The second kappa shape index (κ2) is 21.5. The second-order valence-electron chi connectivity index (χ2n) is 9.81. The highest BCUT2D eigenvalue weighted by atomic mass is 35.5. The molecule has 0 saturated carbocycles. The number of amides is 2. The number of methoxy groups -OCH3 is 2. The number of primary amides is 1. The normalized spacial score (nSPS) is 11.6. The fourth-order valence-electron chi connectivity index (χ4n) is 4.25. The molecule has 0 aromatic carbocycles. The number of nitrogens with zero attached hydrogens (tertiary/aromatic N) is 3. The van der Waals surface area contributed by atoms with E-state index in [4.69, 9.17) is 27.8 Å². The van der Waals surface area contributed by atoms with E-state index in [1.54, 1.807) is 34.3 Å². The van der Waals surface area contributed by atoms with Crippen LogP contribution in [0.4, 0.5) is 20.6 Å². The molecule has 7 rings (SSSR count). The number of esters is 2. The molecule has 1 aliphatic rings. The number of urea groups is 1. The Kier molecular flexibility index (Phi) is 17.2. The van der Waals surface area contributed by atoms with Gasteiger partial charge in [0.2, 0.25) is 5.28 Å². The Hall–Kier alpha value is -5.19. The third kappa shape index (κ3) is 11.9. The average molecular weight is 839 g/mol. The molecule has 2 amide bonds. The number of carbonyl (C=O) groups excluding carboxylic acids is 4. The standard InChI is InChI=1S/C11H10ClN3O2S.C7H8N2O3S.C6H4N2O2S.C6H7NO2S.C2H6/c12-11-13-9(15-1-3-17-4-2-15)8-5-7(6-16)18-10(8)14-11;1-12-6(10)4-2-3-13-5(4)9-7(8)11;9-4-3-1-2-11-5(3)8-6(10)7-4;1-9-6(8)4-2-3-10-5(4)7;1-2/h5-6H,1-4H2;2-3H,1H3,(H3,8,9,11);1-2H,(H2,7,8,9,10);2-3H,7H2,1H3;1-2H3. The maximum Gasteiger partial charge on any atom is 0.340 e. The minimum absolute atomic E-state index is 0.211. The molecule has 0 bridgehead atoms. The largest absolute Gasteiger partial charge is 0.465 e. The summed E-state index contributed by atoms with van der Waals surface area (Å²) in [5, 5.41) is 10.0. The topological polar surface area (TPSA) is 255 Å². The Morgan fingerprint density at radius 1 is 0.944 bits per heavy atom. The Labute approximate surface area is 327 Å². The van der Waals surface area contributed by atoms with E-state index in [-0.39, 0.29) is 16.8 Å². The number of anilines is 3. The highest BCUT2D eigenvalue weighted by Gasteiger charge is 2.19. The maximum absolute atomic E-state index is 11.1. The Morgan fingerprint density at radius 3 is 2.19 bits per heavy atom. The molecule has 6 aromatic heterocycles. The second-order valence-corrected chi connectivity index (χ2v) is 14.0. The number of fused-ring (bicyclic) bond motifs is 2. The number of ether oxygens (including phenoxy) is 3. The summed E-state index contributed by atoms with van der Waals surface area (Å²) in [4.78, 5) is 82.1. The summed E-state index contributed by atoms with van der Waals surface area (Å²) in [6.45, 7) is 6.89. The van der Waals surface area contributed by atoms with Gasteiger partial charge in [-0.05, 0) is 52.0 Å². The van der Waals surface area contributed by atoms with Crippen molar-refractivity contribution >= 4 is 117 Å². The van der Waals surface area contributed by atoms with Crippen molar-refractivity contribution in [1.29, 1.82) is 0 Å². The molecular formula is C32H35ClN8O9S4. The number of morpholine rings is 1. The van der Waals surface area contributed by atoms with Gasteiger partial charge in [-0.15, -0.1) is 45.3 Å². The molecule has 0 aliphatic carbocycles. The first-order valence-electron chi connectivity index (χ1n) is 15.5. The number of H-pyrrole nitrogens is 2. The zero-order valence-corrected chi connectivity index (χ0v) is 33.2. The number of rotatable bonds is 5. The van der Waals surface area contributed by atoms with Gasteiger partial charge >= 0.3 is 23.7 Å². The number of aldehydes is 1. The van der Waals surface area contributed by atoms with Gasteiger partial charge in [-0.2, -0.15) is 4.98 Å². The molecule has 0 atom stereocenters. The number of carbonyl (C=O) groups is 4. The summed E-state index contributed by atoms with van der Waals surface area (Å²) in [6.07, 6.45) is 0.823. The van der Waals surface area contributed by atoms with Gasteiger partial charge in [0.1, 0.15) is 25.5 Å². The molecule has 1 aliphatic heterocycles. The van der Waals surface area contributed by atoms with Crippen molar-refractivity contribution in [2.75, 3.05) is 56.5 Å². The van der Waals surface area contributed by atoms with Crippen LogP contribution < -0.4 is 32.9 Å². The highest BCUT2D eigenvalue weighted by molar-refractivity contribution is 7.20. The minimum Gasteiger partial charge on any atom is -0.465 e. The third-order valence-corrected chi connectivity index (χ3v) is 10.1. The molecule has 7 heterocycles. The molecule has 1 fully saturated rings. The van der Waals surface area contributed by atoms with Crippen LogP contribution in [-0.2, 0) is 14.2 Å². The van der Waals surface area contributed by atoms with Crippen molar-refractivity contribution in [2.24, 2.45) is 5.73 Å². The van der Waals surface area contributed by atoms with Crippen LogP contribution >= 0.6 is 56.9 Å². The van der Waals surface area contributed by atoms with Crippen LogP contribution in [0.3, 0.4) is 0 Å². The molecule has 54 heavy (non-hydrogen) atoms. The van der Waals surface area contributed by atoms with Crippen molar-refractivity contribution in [3.05, 3.63) is 82.5 Å². The quantitative estimate of drug-likeness (QED) is 0.0825. The van der Waals surface area contributed by atoms with Crippen molar-refractivity contribution in [3.8, 4) is 0 Å². The van der Waals surface area contributed by atoms with E-state index in [1.165, 1.54) is 59.6 Å². The number of thiophene rings is 4. The van der Waals surface area contributed by atoms with Crippen LogP contribution in [0.5, 0.6) is 0 Å². The lowest BCUT2D eigenvalue weighted by atomic mass is 10.3. The Balaban J connectivity index is 0.000000196. The van der Waals surface area contributed by atoms with E-state index in [1.807, 2.05) is 19.9 Å². The fourth-order valence-corrected chi connectivity index (χ4v) is 7.49. The van der Waals surface area contributed by atoms with Crippen molar-refractivity contribution in [3.63, 3.8) is 0 Å². The molecule has 0 unspecified atom stereocenters. The predicted molar refractivity (Wildman–Crippen MR) is 214 cm³/mol. The zero-order chi connectivity index (χ0) is 39.8. The van der Waals surface area contributed by atoms with Crippen molar-refractivity contribution in [2.45, 2.75) is 13.8 Å². The monoisotopic (exact) mass is 838 g/mol. The summed E-state index contributed by atoms with van der Waals surface area (Å²) in [6, 6.07) is 5.99. The lowest BCUT2D eigenvalue weighted by molar-refractivity contribution is 0.0593. The first-order chi connectivity index (χ1) is 25.9. The summed E-state index contributed by atoms with van der Waals surface area (Å²) in [5.74, 6) is -0.0820. The Bertz CT molecular complexity index is 2290. The maximum atomic E-state index is 11.1. The van der Waals surface area contributed by atoms with E-state index in [9.17, 15) is 28.8 Å². The van der Waals surface area contributed by atoms with Crippen LogP contribution in [0.15, 0.2) is 50.0 Å². The molecule has 17 nitrogen and oxygen atoms in total. The third-order valence-electron chi connectivity index (χ3n) is 6.56. The predicted octanol–water partition coefficient (Wildman–Crippen LogP) is 5.44. The number of nitrogens with one attached hydrogen (secondary N) is 3. The summed E-state index contributed by atoms with van der Waals surface area (Å²) < 4.78 is 14.3. The summed E-state index contributed by atoms with van der Waals surface area (Å²) >= 11 is 11.1. The molecular weight excluding hydrogens is 804 g/mol. The van der Waals surface area contributed by atoms with Gasteiger partial charge in [0.15, 0.2) is 6.29 Å². The van der Waals surface area contributed by atoms with Gasteiger partial charge in [-0.3, -0.25) is 24.9 Å². The average Bonchev–Trinajstić information content (AvgIpc) is 4.00. The zero-order valence-electron chi connectivity index (χ0n) is 29.1. The van der Waals surface area contributed by atoms with Gasteiger partial charge in [0.25, 0.3) is 5.56 Å². The lowest BCUT2D eigenvalue weighted by Crippen LogP contribution is -2.36. The van der Waals surface area contributed by atoms with Gasteiger partial charge in [0, 0.05) is 13.1 Å². The molecule has 6 aromatic rings. The number of hydrogen-bond acceptors (Lipinski definition) is 17. The number of halogens is 1. The number of nitrogen functional groups attached to an aromatic ring is 1. The first kappa shape index (κ1) is 43.2. The van der Waals surface area contributed by atoms with Crippen LogP contribution in [-0.4, -0.2) is 84.7 Å². The molecule has 7 N–H and O–H groups in total. The molecule has 0 radical (unpaired) electrons. The van der Waals surface area contributed by atoms with Crippen molar-refractivity contribution < 1.29 is 33.4 Å². The first-order valence-corrected chi connectivity index (χ1v) is 19.4. The van der Waals surface area contributed by atoms with E-state index in [0.717, 1.165) is 35.4 Å². The number of nitrogens with two attached hydrogens (primary N) is 2. The van der Waals surface area contributed by atoms with Crippen LogP contribution in [0, 0.1) is 0 Å². The van der Waals surface area contributed by atoms with E-state index in [2.05, 4.69) is 39.6 Å². The number of aromatic nitrogens is 4. The van der Waals surface area contributed by atoms with E-state index < -0.39 is 17.7 Å². The number of aromatic amines is 2. The molecule has 0 spiro atoms.